The number of nitriles is 1. The monoisotopic (exact) mass is 283 g/mol. The Hall–Kier alpha value is -2.67. The third kappa shape index (κ3) is 3.90. The number of ether oxygens (including phenoxy) is 3. The first-order valence-corrected chi connectivity index (χ1v) is 6.64. The van der Waals surface area contributed by atoms with E-state index in [1.165, 1.54) is 0 Å². The van der Waals surface area contributed by atoms with E-state index in [1.807, 2.05) is 31.2 Å². The van der Waals surface area contributed by atoms with Crippen LogP contribution in [-0.4, -0.2) is 20.3 Å². The predicted molar refractivity (Wildman–Crippen MR) is 79.9 cm³/mol. The zero-order valence-electron chi connectivity index (χ0n) is 12.1. The van der Waals surface area contributed by atoms with E-state index in [0.717, 1.165) is 11.3 Å². The van der Waals surface area contributed by atoms with Crippen molar-refractivity contribution in [3.05, 3.63) is 53.6 Å². The van der Waals surface area contributed by atoms with Crippen molar-refractivity contribution in [3.63, 3.8) is 0 Å². The van der Waals surface area contributed by atoms with Gasteiger partial charge in [0.2, 0.25) is 0 Å². The first-order chi connectivity index (χ1) is 10.2. The van der Waals surface area contributed by atoms with Crippen LogP contribution < -0.4 is 14.2 Å². The minimum Gasteiger partial charge on any atom is -0.493 e. The molecule has 0 aromatic heterocycles. The highest BCUT2D eigenvalue weighted by Gasteiger charge is 2.06. The average Bonchev–Trinajstić information content (AvgIpc) is 2.53. The first-order valence-electron chi connectivity index (χ1n) is 6.64. The van der Waals surface area contributed by atoms with E-state index in [-0.39, 0.29) is 0 Å². The van der Waals surface area contributed by atoms with Crippen molar-refractivity contribution in [2.24, 2.45) is 0 Å². The lowest BCUT2D eigenvalue weighted by atomic mass is 10.2. The van der Waals surface area contributed by atoms with E-state index in [4.69, 9.17) is 19.5 Å². The second-order valence-corrected chi connectivity index (χ2v) is 4.44. The summed E-state index contributed by atoms with van der Waals surface area (Å²) in [6, 6.07) is 15.0. The summed E-state index contributed by atoms with van der Waals surface area (Å²) in [6.07, 6.45) is 0. The van der Waals surface area contributed by atoms with Gasteiger partial charge in [0.25, 0.3) is 0 Å². The molecule has 0 aliphatic heterocycles. The van der Waals surface area contributed by atoms with Crippen LogP contribution in [0.15, 0.2) is 42.5 Å². The van der Waals surface area contributed by atoms with Crippen molar-refractivity contribution in [3.8, 4) is 23.3 Å². The summed E-state index contributed by atoms with van der Waals surface area (Å²) in [5, 5.41) is 8.85. The van der Waals surface area contributed by atoms with Gasteiger partial charge in [-0.1, -0.05) is 18.2 Å². The van der Waals surface area contributed by atoms with E-state index < -0.39 is 0 Å². The summed E-state index contributed by atoms with van der Waals surface area (Å²) in [4.78, 5) is 0. The number of rotatable bonds is 6. The van der Waals surface area contributed by atoms with Crippen LogP contribution in [0, 0.1) is 18.3 Å². The van der Waals surface area contributed by atoms with Crippen molar-refractivity contribution in [2.75, 3.05) is 20.3 Å². The SMILES string of the molecule is COc1cc(C#N)ccc1OCCOc1ccccc1C. The molecule has 0 atom stereocenters. The van der Waals surface area contributed by atoms with Crippen LogP contribution in [0.4, 0.5) is 0 Å². The molecule has 0 N–H and O–H groups in total. The molecule has 0 saturated heterocycles. The summed E-state index contributed by atoms with van der Waals surface area (Å²) >= 11 is 0. The van der Waals surface area contributed by atoms with E-state index in [0.29, 0.717) is 30.3 Å². The number of para-hydroxylation sites is 1. The number of aryl methyl sites for hydroxylation is 1. The molecule has 0 aliphatic carbocycles. The molecule has 0 spiro atoms. The van der Waals surface area contributed by atoms with Gasteiger partial charge in [0.1, 0.15) is 19.0 Å². The third-order valence-electron chi connectivity index (χ3n) is 2.98. The van der Waals surface area contributed by atoms with Crippen LogP contribution in [0.5, 0.6) is 17.2 Å². The summed E-state index contributed by atoms with van der Waals surface area (Å²) in [5.41, 5.74) is 1.63. The minimum absolute atomic E-state index is 0.399. The largest absolute Gasteiger partial charge is 0.493 e. The van der Waals surface area contributed by atoms with Gasteiger partial charge >= 0.3 is 0 Å². The van der Waals surface area contributed by atoms with Crippen LogP contribution >= 0.6 is 0 Å². The van der Waals surface area contributed by atoms with Gasteiger partial charge in [-0.25, -0.2) is 0 Å². The Morgan fingerprint density at radius 2 is 1.67 bits per heavy atom. The zero-order valence-corrected chi connectivity index (χ0v) is 12.1. The van der Waals surface area contributed by atoms with Gasteiger partial charge in [0.15, 0.2) is 11.5 Å². The average molecular weight is 283 g/mol. The van der Waals surface area contributed by atoms with E-state index in [2.05, 4.69) is 6.07 Å². The number of methoxy groups -OCH3 is 1. The molecule has 0 amide bonds. The van der Waals surface area contributed by atoms with Gasteiger partial charge < -0.3 is 14.2 Å². The number of hydrogen-bond donors (Lipinski definition) is 0. The smallest absolute Gasteiger partial charge is 0.162 e. The Kier molecular flexibility index (Phi) is 5.05. The van der Waals surface area contributed by atoms with Crippen molar-refractivity contribution >= 4 is 0 Å². The molecule has 0 unspecified atom stereocenters. The highest BCUT2D eigenvalue weighted by atomic mass is 16.5. The highest BCUT2D eigenvalue weighted by Crippen LogP contribution is 2.27. The summed E-state index contributed by atoms with van der Waals surface area (Å²) < 4.78 is 16.5. The van der Waals surface area contributed by atoms with Gasteiger partial charge in [-0.2, -0.15) is 5.26 Å². The first kappa shape index (κ1) is 14.7. The maximum absolute atomic E-state index is 8.85. The van der Waals surface area contributed by atoms with Crippen molar-refractivity contribution in [2.45, 2.75) is 6.92 Å². The van der Waals surface area contributed by atoms with Crippen LogP contribution in [0.2, 0.25) is 0 Å². The predicted octanol–water partition coefficient (Wildman–Crippen LogP) is 3.33. The van der Waals surface area contributed by atoms with E-state index in [9.17, 15) is 0 Å². The van der Waals surface area contributed by atoms with Crippen molar-refractivity contribution in [1.29, 1.82) is 5.26 Å². The van der Waals surface area contributed by atoms with Gasteiger partial charge in [-0.3, -0.25) is 0 Å². The van der Waals surface area contributed by atoms with Gasteiger partial charge in [-0.05, 0) is 30.7 Å². The maximum Gasteiger partial charge on any atom is 0.162 e. The normalized spacial score (nSPS) is 9.76. The molecule has 2 aromatic rings. The second kappa shape index (κ2) is 7.20. The molecule has 21 heavy (non-hydrogen) atoms. The molecule has 108 valence electrons. The molecule has 0 fully saturated rings. The quantitative estimate of drug-likeness (QED) is 0.763. The lowest BCUT2D eigenvalue weighted by molar-refractivity contribution is 0.210. The second-order valence-electron chi connectivity index (χ2n) is 4.44. The Labute approximate surface area is 124 Å². The summed E-state index contributed by atoms with van der Waals surface area (Å²) in [5.74, 6) is 2.00. The Morgan fingerprint density at radius 1 is 0.952 bits per heavy atom. The molecule has 2 rings (SSSR count). The fourth-order valence-electron chi connectivity index (χ4n) is 1.88. The summed E-state index contributed by atoms with van der Waals surface area (Å²) in [7, 11) is 1.55. The molecular formula is C17H17NO3. The van der Waals surface area contributed by atoms with Crippen LogP contribution in [0.1, 0.15) is 11.1 Å². The number of benzene rings is 2. The van der Waals surface area contributed by atoms with E-state index >= 15 is 0 Å². The van der Waals surface area contributed by atoms with Crippen LogP contribution in [0.25, 0.3) is 0 Å². The Balaban J connectivity index is 1.89. The summed E-state index contributed by atoms with van der Waals surface area (Å²) in [6.45, 7) is 2.84. The molecule has 2 aromatic carbocycles. The lowest BCUT2D eigenvalue weighted by Crippen LogP contribution is -2.10. The molecule has 0 aliphatic rings. The maximum atomic E-state index is 8.85. The molecule has 4 heteroatoms. The van der Waals surface area contributed by atoms with E-state index in [1.54, 1.807) is 25.3 Å². The standard InChI is InChI=1S/C17H17NO3/c1-13-5-3-4-6-15(13)20-9-10-21-16-8-7-14(12-18)11-17(16)19-2/h3-8,11H,9-10H2,1-2H3. The topological polar surface area (TPSA) is 51.5 Å². The molecule has 0 bridgehead atoms. The Morgan fingerprint density at radius 3 is 2.33 bits per heavy atom. The molecule has 4 nitrogen and oxygen atoms in total. The van der Waals surface area contributed by atoms with Crippen LogP contribution in [-0.2, 0) is 0 Å². The van der Waals surface area contributed by atoms with Gasteiger partial charge in [-0.15, -0.1) is 0 Å². The third-order valence-corrected chi connectivity index (χ3v) is 2.98. The van der Waals surface area contributed by atoms with Crippen molar-refractivity contribution in [1.82, 2.24) is 0 Å². The molecular weight excluding hydrogens is 266 g/mol. The fraction of sp³-hybridized carbons (Fsp3) is 0.235. The van der Waals surface area contributed by atoms with Gasteiger partial charge in [0, 0.05) is 6.07 Å². The molecule has 0 heterocycles. The molecule has 0 saturated carbocycles. The highest BCUT2D eigenvalue weighted by molar-refractivity contribution is 5.46. The zero-order chi connectivity index (χ0) is 15.1. The molecule has 0 radical (unpaired) electrons. The Bertz CT molecular complexity index is 647. The minimum atomic E-state index is 0.399. The number of hydrogen-bond acceptors (Lipinski definition) is 4. The lowest BCUT2D eigenvalue weighted by Gasteiger charge is -2.12. The fourth-order valence-corrected chi connectivity index (χ4v) is 1.88. The van der Waals surface area contributed by atoms with Crippen molar-refractivity contribution < 1.29 is 14.2 Å². The van der Waals surface area contributed by atoms with Gasteiger partial charge in [0.05, 0.1) is 18.7 Å². The van der Waals surface area contributed by atoms with Crippen LogP contribution in [0.3, 0.4) is 0 Å². The number of nitrogens with zero attached hydrogens (tertiary/aromatic N) is 1.